The molecule has 98 valence electrons. The van der Waals surface area contributed by atoms with Crippen molar-refractivity contribution in [3.8, 4) is 0 Å². The maximum Gasteiger partial charge on any atom is 0.242 e. The third-order valence-electron chi connectivity index (χ3n) is 2.93. The van der Waals surface area contributed by atoms with Crippen molar-refractivity contribution in [2.24, 2.45) is 0 Å². The van der Waals surface area contributed by atoms with Crippen molar-refractivity contribution in [3.63, 3.8) is 0 Å². The Kier molecular flexibility index (Phi) is 4.74. The highest BCUT2D eigenvalue weighted by Gasteiger charge is 2.24. The molecule has 1 saturated heterocycles. The van der Waals surface area contributed by atoms with E-state index in [9.17, 15) is 4.79 Å². The summed E-state index contributed by atoms with van der Waals surface area (Å²) >= 11 is 3.40. The van der Waals surface area contributed by atoms with Gasteiger partial charge in [0.2, 0.25) is 5.91 Å². The lowest BCUT2D eigenvalue weighted by Gasteiger charge is -2.27. The second-order valence-corrected chi connectivity index (χ2v) is 5.32. The molecule has 0 radical (unpaired) electrons. The molecule has 18 heavy (non-hydrogen) atoms. The molecule has 1 fully saturated rings. The van der Waals surface area contributed by atoms with E-state index in [1.165, 1.54) is 0 Å². The molecule has 1 atom stereocenters. The molecule has 0 aliphatic carbocycles. The van der Waals surface area contributed by atoms with Crippen LogP contribution in [0.1, 0.15) is 5.56 Å². The lowest BCUT2D eigenvalue weighted by atomic mass is 10.2. The Bertz CT molecular complexity index is 402. The van der Waals surface area contributed by atoms with Crippen LogP contribution >= 0.6 is 15.9 Å². The van der Waals surface area contributed by atoms with Crippen molar-refractivity contribution in [2.45, 2.75) is 12.6 Å². The van der Waals surface area contributed by atoms with Gasteiger partial charge in [0.1, 0.15) is 6.04 Å². The van der Waals surface area contributed by atoms with Gasteiger partial charge >= 0.3 is 0 Å². The van der Waals surface area contributed by atoms with E-state index in [0.717, 1.165) is 16.6 Å². The number of rotatable bonds is 3. The van der Waals surface area contributed by atoms with Crippen molar-refractivity contribution < 1.29 is 9.53 Å². The molecule has 1 unspecified atom stereocenters. The third kappa shape index (κ3) is 3.54. The van der Waals surface area contributed by atoms with Gasteiger partial charge < -0.3 is 15.0 Å². The number of nitrogens with zero attached hydrogens (tertiary/aromatic N) is 1. The first-order valence-electron chi connectivity index (χ1n) is 5.97. The molecule has 1 heterocycles. The van der Waals surface area contributed by atoms with Crippen LogP contribution in [-0.2, 0) is 16.1 Å². The first-order chi connectivity index (χ1) is 8.66. The van der Waals surface area contributed by atoms with E-state index in [0.29, 0.717) is 19.8 Å². The Hall–Kier alpha value is -0.910. The summed E-state index contributed by atoms with van der Waals surface area (Å²) < 4.78 is 6.35. The molecule has 0 aromatic heterocycles. The maximum absolute atomic E-state index is 12.1. The molecular weight excluding hydrogens is 296 g/mol. The molecule has 0 bridgehead atoms. The number of amides is 1. The number of ether oxygens (including phenoxy) is 1. The maximum atomic E-state index is 12.1. The fraction of sp³-hybridized carbons (Fsp3) is 0.462. The van der Waals surface area contributed by atoms with Crippen molar-refractivity contribution in [1.29, 1.82) is 0 Å². The Labute approximate surface area is 115 Å². The highest BCUT2D eigenvalue weighted by Crippen LogP contribution is 2.12. The summed E-state index contributed by atoms with van der Waals surface area (Å²) in [5.74, 6) is 0.0811. The fourth-order valence-electron chi connectivity index (χ4n) is 1.93. The highest BCUT2D eigenvalue weighted by molar-refractivity contribution is 9.10. The Morgan fingerprint density at radius 2 is 2.22 bits per heavy atom. The van der Waals surface area contributed by atoms with Gasteiger partial charge in [-0.3, -0.25) is 4.79 Å². The highest BCUT2D eigenvalue weighted by atomic mass is 79.9. The van der Waals surface area contributed by atoms with E-state index in [1.807, 2.05) is 31.3 Å². The Morgan fingerprint density at radius 3 is 2.83 bits per heavy atom. The largest absolute Gasteiger partial charge is 0.378 e. The predicted octanol–water partition coefficient (Wildman–Crippen LogP) is 1.40. The second kappa shape index (κ2) is 6.31. The number of carbonyl (C=O) groups is 1. The fourth-order valence-corrected chi connectivity index (χ4v) is 2.20. The molecule has 0 spiro atoms. The summed E-state index contributed by atoms with van der Waals surface area (Å²) in [6.07, 6.45) is 0. The second-order valence-electron chi connectivity index (χ2n) is 4.40. The zero-order chi connectivity index (χ0) is 13.0. The van der Waals surface area contributed by atoms with Crippen LogP contribution in [0.4, 0.5) is 0 Å². The van der Waals surface area contributed by atoms with Crippen molar-refractivity contribution in [3.05, 3.63) is 34.3 Å². The minimum absolute atomic E-state index is 0.0811. The SMILES string of the molecule is CN(Cc1ccc(Br)cc1)C(=O)C1COCCN1. The van der Waals surface area contributed by atoms with Gasteiger partial charge in [0.15, 0.2) is 0 Å². The molecule has 2 rings (SSSR count). The molecular formula is C13H17BrN2O2. The summed E-state index contributed by atoms with van der Waals surface area (Å²) in [6.45, 7) is 2.50. The summed E-state index contributed by atoms with van der Waals surface area (Å²) in [5, 5.41) is 3.17. The number of carbonyl (C=O) groups excluding carboxylic acids is 1. The lowest BCUT2D eigenvalue weighted by molar-refractivity contribution is -0.135. The molecule has 1 amide bonds. The van der Waals surface area contributed by atoms with Gasteiger partial charge in [0.25, 0.3) is 0 Å². The van der Waals surface area contributed by atoms with Gasteiger partial charge in [0, 0.05) is 24.6 Å². The van der Waals surface area contributed by atoms with E-state index in [2.05, 4.69) is 21.2 Å². The van der Waals surface area contributed by atoms with Crippen LogP contribution in [0.3, 0.4) is 0 Å². The first kappa shape index (κ1) is 13.5. The predicted molar refractivity (Wildman–Crippen MR) is 73.2 cm³/mol. The monoisotopic (exact) mass is 312 g/mol. The molecule has 1 aliphatic heterocycles. The molecule has 5 heteroatoms. The van der Waals surface area contributed by atoms with Gasteiger partial charge in [-0.05, 0) is 17.7 Å². The van der Waals surface area contributed by atoms with Crippen LogP contribution in [0.5, 0.6) is 0 Å². The zero-order valence-corrected chi connectivity index (χ0v) is 11.9. The molecule has 0 saturated carbocycles. The van der Waals surface area contributed by atoms with Gasteiger partial charge in [0.05, 0.1) is 13.2 Å². The number of benzene rings is 1. The average Bonchev–Trinajstić information content (AvgIpc) is 2.41. The van der Waals surface area contributed by atoms with Gasteiger partial charge in [-0.25, -0.2) is 0 Å². The number of nitrogens with one attached hydrogen (secondary N) is 1. The van der Waals surface area contributed by atoms with E-state index in [1.54, 1.807) is 4.90 Å². The number of hydrogen-bond donors (Lipinski definition) is 1. The van der Waals surface area contributed by atoms with Crippen LogP contribution in [0.25, 0.3) is 0 Å². The van der Waals surface area contributed by atoms with Gasteiger partial charge in [-0.2, -0.15) is 0 Å². The summed E-state index contributed by atoms with van der Waals surface area (Å²) in [7, 11) is 1.82. The summed E-state index contributed by atoms with van der Waals surface area (Å²) in [5.41, 5.74) is 1.12. The van der Waals surface area contributed by atoms with Crippen LogP contribution in [0.15, 0.2) is 28.7 Å². The van der Waals surface area contributed by atoms with E-state index in [-0.39, 0.29) is 11.9 Å². The molecule has 4 nitrogen and oxygen atoms in total. The minimum atomic E-state index is -0.209. The van der Waals surface area contributed by atoms with E-state index in [4.69, 9.17) is 4.74 Å². The minimum Gasteiger partial charge on any atom is -0.378 e. The Morgan fingerprint density at radius 1 is 1.50 bits per heavy atom. The van der Waals surface area contributed by atoms with Crippen LogP contribution in [0, 0.1) is 0 Å². The molecule has 1 N–H and O–H groups in total. The van der Waals surface area contributed by atoms with Crippen LogP contribution in [-0.4, -0.2) is 43.7 Å². The molecule has 1 aromatic carbocycles. The normalized spacial score (nSPS) is 19.6. The van der Waals surface area contributed by atoms with Gasteiger partial charge in [-0.1, -0.05) is 28.1 Å². The van der Waals surface area contributed by atoms with Gasteiger partial charge in [-0.15, -0.1) is 0 Å². The smallest absolute Gasteiger partial charge is 0.242 e. The topological polar surface area (TPSA) is 41.6 Å². The van der Waals surface area contributed by atoms with Crippen molar-refractivity contribution in [1.82, 2.24) is 10.2 Å². The van der Waals surface area contributed by atoms with Crippen LogP contribution in [0.2, 0.25) is 0 Å². The quantitative estimate of drug-likeness (QED) is 0.917. The van der Waals surface area contributed by atoms with E-state index < -0.39 is 0 Å². The number of hydrogen-bond acceptors (Lipinski definition) is 3. The average molecular weight is 313 g/mol. The summed E-state index contributed by atoms with van der Waals surface area (Å²) in [6, 6.07) is 7.78. The van der Waals surface area contributed by atoms with Crippen molar-refractivity contribution >= 4 is 21.8 Å². The number of likely N-dealkylation sites (N-methyl/N-ethyl adjacent to an activating group) is 1. The Balaban J connectivity index is 1.92. The third-order valence-corrected chi connectivity index (χ3v) is 3.46. The van der Waals surface area contributed by atoms with Crippen molar-refractivity contribution in [2.75, 3.05) is 26.8 Å². The standard InChI is InChI=1S/C13H17BrN2O2/c1-16(8-10-2-4-11(14)5-3-10)13(17)12-9-18-7-6-15-12/h2-5,12,15H,6-9H2,1H3. The van der Waals surface area contributed by atoms with E-state index >= 15 is 0 Å². The summed E-state index contributed by atoms with van der Waals surface area (Å²) in [4.78, 5) is 13.9. The first-order valence-corrected chi connectivity index (χ1v) is 6.76. The number of halogens is 1. The van der Waals surface area contributed by atoms with Crippen LogP contribution < -0.4 is 5.32 Å². The zero-order valence-electron chi connectivity index (χ0n) is 10.4. The molecule has 1 aliphatic rings. The molecule has 1 aromatic rings. The number of morpholine rings is 1. The lowest BCUT2D eigenvalue weighted by Crippen LogP contribution is -2.51.